The molecular weight excluding hydrogens is 266 g/mol. The van der Waals surface area contributed by atoms with E-state index in [2.05, 4.69) is 10.4 Å². The quantitative estimate of drug-likeness (QED) is 0.882. The van der Waals surface area contributed by atoms with E-state index in [1.54, 1.807) is 0 Å². The number of nitrogens with zero attached hydrogens (tertiary/aromatic N) is 2. The molecule has 0 saturated heterocycles. The van der Waals surface area contributed by atoms with Crippen LogP contribution in [0.15, 0.2) is 47.3 Å². The summed E-state index contributed by atoms with van der Waals surface area (Å²) in [6.07, 6.45) is 1.83. The molecule has 0 fully saturated rings. The number of hydrogen-bond acceptors (Lipinski definition) is 3. The van der Waals surface area contributed by atoms with Crippen LogP contribution in [0.2, 0.25) is 0 Å². The highest BCUT2D eigenvalue weighted by Crippen LogP contribution is 1.99. The molecule has 0 aliphatic heterocycles. The molecule has 1 N–H and O–H groups in total. The van der Waals surface area contributed by atoms with E-state index in [1.807, 2.05) is 37.3 Å². The van der Waals surface area contributed by atoms with Crippen LogP contribution < -0.4 is 10.9 Å². The summed E-state index contributed by atoms with van der Waals surface area (Å²) in [4.78, 5) is 23.7. The minimum absolute atomic E-state index is 0.178. The van der Waals surface area contributed by atoms with E-state index in [0.717, 1.165) is 18.4 Å². The highest BCUT2D eigenvalue weighted by atomic mass is 16.2. The van der Waals surface area contributed by atoms with Crippen molar-refractivity contribution in [3.63, 3.8) is 0 Å². The summed E-state index contributed by atoms with van der Waals surface area (Å²) in [5.41, 5.74) is 1.11. The molecule has 21 heavy (non-hydrogen) atoms. The normalized spacial score (nSPS) is 10.3. The largest absolute Gasteiger partial charge is 0.347 e. The van der Waals surface area contributed by atoms with Gasteiger partial charge in [0.05, 0.1) is 0 Å². The number of unbranched alkanes of at least 4 members (excludes halogenated alkanes) is 1. The number of carbonyl (C=O) groups is 1. The molecule has 1 aromatic carbocycles. The van der Waals surface area contributed by atoms with Crippen LogP contribution in [0.1, 0.15) is 35.8 Å². The number of hydrogen-bond donors (Lipinski definition) is 1. The van der Waals surface area contributed by atoms with Gasteiger partial charge < -0.3 is 5.32 Å². The Hall–Kier alpha value is -2.43. The maximum atomic E-state index is 12.1. The van der Waals surface area contributed by atoms with Crippen LogP contribution in [-0.4, -0.2) is 15.7 Å². The second-order valence-electron chi connectivity index (χ2n) is 4.80. The summed E-state index contributed by atoms with van der Waals surface area (Å²) in [5, 5.41) is 6.92. The van der Waals surface area contributed by atoms with Gasteiger partial charge in [-0.25, -0.2) is 4.68 Å². The third kappa shape index (κ3) is 4.27. The molecule has 0 bridgehead atoms. The Balaban J connectivity index is 2.03. The van der Waals surface area contributed by atoms with Crippen molar-refractivity contribution in [1.82, 2.24) is 15.1 Å². The van der Waals surface area contributed by atoms with Gasteiger partial charge in [-0.1, -0.05) is 43.7 Å². The van der Waals surface area contributed by atoms with Crippen LogP contribution in [-0.2, 0) is 13.1 Å². The molecule has 0 atom stereocenters. The minimum atomic E-state index is -0.274. The number of benzene rings is 1. The number of amides is 1. The van der Waals surface area contributed by atoms with Gasteiger partial charge in [-0.3, -0.25) is 9.59 Å². The highest BCUT2D eigenvalue weighted by Gasteiger charge is 2.09. The molecule has 1 aromatic heterocycles. The first-order valence-electron chi connectivity index (χ1n) is 7.11. The Kier molecular flexibility index (Phi) is 5.26. The lowest BCUT2D eigenvalue weighted by Gasteiger charge is -2.07. The smallest absolute Gasteiger partial charge is 0.271 e. The van der Waals surface area contributed by atoms with Crippen molar-refractivity contribution in [2.75, 3.05) is 0 Å². The van der Waals surface area contributed by atoms with E-state index in [1.165, 1.54) is 16.8 Å². The zero-order valence-electron chi connectivity index (χ0n) is 12.1. The Morgan fingerprint density at radius 3 is 2.67 bits per heavy atom. The fraction of sp³-hybridized carbons (Fsp3) is 0.312. The van der Waals surface area contributed by atoms with Crippen molar-refractivity contribution in [1.29, 1.82) is 0 Å². The van der Waals surface area contributed by atoms with Crippen LogP contribution in [0.5, 0.6) is 0 Å². The number of nitrogens with one attached hydrogen (secondary N) is 1. The lowest BCUT2D eigenvalue weighted by atomic mass is 10.2. The molecule has 2 rings (SSSR count). The molecular formula is C16H19N3O2. The second-order valence-corrected chi connectivity index (χ2v) is 4.80. The van der Waals surface area contributed by atoms with E-state index >= 15 is 0 Å². The summed E-state index contributed by atoms with van der Waals surface area (Å²) in [5.74, 6) is -0.274. The monoisotopic (exact) mass is 285 g/mol. The van der Waals surface area contributed by atoms with Crippen LogP contribution in [0.3, 0.4) is 0 Å². The van der Waals surface area contributed by atoms with Gasteiger partial charge >= 0.3 is 0 Å². The van der Waals surface area contributed by atoms with Gasteiger partial charge in [0.2, 0.25) is 0 Å². The van der Waals surface area contributed by atoms with Crippen molar-refractivity contribution < 1.29 is 4.79 Å². The molecule has 0 saturated carbocycles. The third-order valence-corrected chi connectivity index (χ3v) is 3.12. The lowest BCUT2D eigenvalue weighted by molar-refractivity contribution is 0.0943. The molecule has 1 heterocycles. The Morgan fingerprint density at radius 2 is 1.95 bits per heavy atom. The first-order valence-corrected chi connectivity index (χ1v) is 7.11. The molecule has 0 spiro atoms. The Labute approximate surface area is 123 Å². The van der Waals surface area contributed by atoms with E-state index in [-0.39, 0.29) is 17.2 Å². The molecule has 1 amide bonds. The SMILES string of the molecule is CCCCn1nc(C(=O)NCc2ccccc2)ccc1=O. The summed E-state index contributed by atoms with van der Waals surface area (Å²) < 4.78 is 1.35. The molecule has 110 valence electrons. The summed E-state index contributed by atoms with van der Waals surface area (Å²) in [6.45, 7) is 3.02. The maximum absolute atomic E-state index is 12.1. The second kappa shape index (κ2) is 7.38. The van der Waals surface area contributed by atoms with Crippen LogP contribution in [0, 0.1) is 0 Å². The van der Waals surface area contributed by atoms with Crippen molar-refractivity contribution in [3.8, 4) is 0 Å². The van der Waals surface area contributed by atoms with Gasteiger partial charge in [0.1, 0.15) is 5.69 Å². The first kappa shape index (κ1) is 15.0. The van der Waals surface area contributed by atoms with Crippen molar-refractivity contribution in [3.05, 3.63) is 64.1 Å². The van der Waals surface area contributed by atoms with Crippen LogP contribution in [0.25, 0.3) is 0 Å². The van der Waals surface area contributed by atoms with Gasteiger partial charge in [0, 0.05) is 19.2 Å². The molecule has 0 radical (unpaired) electrons. The van der Waals surface area contributed by atoms with Gasteiger partial charge in [0.15, 0.2) is 0 Å². The molecule has 0 unspecified atom stereocenters. The van der Waals surface area contributed by atoms with Crippen molar-refractivity contribution >= 4 is 5.91 Å². The standard InChI is InChI=1S/C16H19N3O2/c1-2-3-11-19-15(20)10-9-14(18-19)16(21)17-12-13-7-5-4-6-8-13/h4-10H,2-3,11-12H2,1H3,(H,17,21). The average Bonchev–Trinajstić information content (AvgIpc) is 2.53. The first-order chi connectivity index (χ1) is 10.2. The highest BCUT2D eigenvalue weighted by molar-refractivity contribution is 5.91. The fourth-order valence-corrected chi connectivity index (χ4v) is 1.91. The van der Waals surface area contributed by atoms with E-state index < -0.39 is 0 Å². The lowest BCUT2D eigenvalue weighted by Crippen LogP contribution is -2.29. The van der Waals surface area contributed by atoms with E-state index in [4.69, 9.17) is 0 Å². The predicted octanol–water partition coefficient (Wildman–Crippen LogP) is 1.97. The van der Waals surface area contributed by atoms with Crippen molar-refractivity contribution in [2.24, 2.45) is 0 Å². The van der Waals surface area contributed by atoms with E-state index in [0.29, 0.717) is 13.1 Å². The third-order valence-electron chi connectivity index (χ3n) is 3.12. The van der Waals surface area contributed by atoms with Gasteiger partial charge in [-0.2, -0.15) is 5.10 Å². The number of carbonyl (C=O) groups excluding carboxylic acids is 1. The molecule has 2 aromatic rings. The van der Waals surface area contributed by atoms with Gasteiger partial charge in [-0.15, -0.1) is 0 Å². The van der Waals surface area contributed by atoms with Crippen LogP contribution in [0.4, 0.5) is 0 Å². The molecule has 0 aliphatic rings. The fourth-order valence-electron chi connectivity index (χ4n) is 1.91. The zero-order chi connectivity index (χ0) is 15.1. The minimum Gasteiger partial charge on any atom is -0.347 e. The number of aromatic nitrogens is 2. The van der Waals surface area contributed by atoms with Gasteiger partial charge in [-0.05, 0) is 18.1 Å². The summed E-state index contributed by atoms with van der Waals surface area (Å²) in [7, 11) is 0. The molecule has 0 aliphatic carbocycles. The molecule has 5 heteroatoms. The Morgan fingerprint density at radius 1 is 1.19 bits per heavy atom. The summed E-state index contributed by atoms with van der Waals surface area (Å²) >= 11 is 0. The molecule has 5 nitrogen and oxygen atoms in total. The summed E-state index contributed by atoms with van der Waals surface area (Å²) in [6, 6.07) is 12.5. The van der Waals surface area contributed by atoms with Crippen molar-refractivity contribution in [2.45, 2.75) is 32.9 Å². The van der Waals surface area contributed by atoms with Gasteiger partial charge in [0.25, 0.3) is 11.5 Å². The zero-order valence-corrected chi connectivity index (χ0v) is 12.1. The predicted molar refractivity (Wildman–Crippen MR) is 81.0 cm³/mol. The average molecular weight is 285 g/mol. The van der Waals surface area contributed by atoms with E-state index in [9.17, 15) is 9.59 Å². The van der Waals surface area contributed by atoms with Crippen LogP contribution >= 0.6 is 0 Å². The maximum Gasteiger partial charge on any atom is 0.271 e. The number of rotatable bonds is 6. The topological polar surface area (TPSA) is 64.0 Å². The number of aryl methyl sites for hydroxylation is 1. The Bertz CT molecular complexity index is 650.